The summed E-state index contributed by atoms with van der Waals surface area (Å²) in [5, 5.41) is 3.56. The van der Waals surface area contributed by atoms with Crippen molar-refractivity contribution >= 4 is 15.7 Å². The molecule has 31 heavy (non-hydrogen) atoms. The summed E-state index contributed by atoms with van der Waals surface area (Å²) in [7, 11) is -3.65. The van der Waals surface area contributed by atoms with Crippen LogP contribution < -0.4 is 5.32 Å². The molecule has 2 heterocycles. The molecule has 1 unspecified atom stereocenters. The molecular weight excluding hydrogens is 404 g/mol. The van der Waals surface area contributed by atoms with Gasteiger partial charge in [-0.05, 0) is 42.7 Å². The summed E-state index contributed by atoms with van der Waals surface area (Å²) in [6, 6.07) is 25.6. The van der Waals surface area contributed by atoms with Crippen molar-refractivity contribution in [2.45, 2.75) is 35.7 Å². The van der Waals surface area contributed by atoms with E-state index in [2.05, 4.69) is 30.1 Å². The Bertz CT molecular complexity index is 1220. The Hall–Kier alpha value is -2.89. The summed E-state index contributed by atoms with van der Waals surface area (Å²) in [5.41, 5.74) is 3.93. The van der Waals surface area contributed by atoms with Crippen molar-refractivity contribution in [3.05, 3.63) is 108 Å². The maximum absolute atomic E-state index is 13.7. The van der Waals surface area contributed by atoms with Crippen LogP contribution in [-0.2, 0) is 15.4 Å². The lowest BCUT2D eigenvalue weighted by Crippen LogP contribution is -2.48. The number of hydrogen-bond donors (Lipinski definition) is 1. The van der Waals surface area contributed by atoms with Gasteiger partial charge in [-0.1, -0.05) is 72.3 Å². The van der Waals surface area contributed by atoms with Crippen LogP contribution in [0.1, 0.15) is 29.0 Å². The molecule has 0 spiro atoms. The van der Waals surface area contributed by atoms with E-state index in [0.717, 1.165) is 28.8 Å². The lowest BCUT2D eigenvalue weighted by atomic mass is 9.66. The highest BCUT2D eigenvalue weighted by molar-refractivity contribution is 7.89. The summed E-state index contributed by atoms with van der Waals surface area (Å²) in [4.78, 5) is 0.335. The van der Waals surface area contributed by atoms with E-state index in [-0.39, 0.29) is 12.1 Å². The normalized spacial score (nSPS) is 23.6. The van der Waals surface area contributed by atoms with E-state index in [1.54, 1.807) is 16.4 Å². The van der Waals surface area contributed by atoms with Gasteiger partial charge >= 0.3 is 0 Å². The highest BCUT2D eigenvalue weighted by Crippen LogP contribution is 2.57. The van der Waals surface area contributed by atoms with E-state index in [4.69, 9.17) is 0 Å². The third-order valence-electron chi connectivity index (χ3n) is 6.82. The molecule has 3 aromatic rings. The quantitative estimate of drug-likeness (QED) is 0.577. The van der Waals surface area contributed by atoms with E-state index >= 15 is 0 Å². The molecule has 0 aliphatic carbocycles. The van der Waals surface area contributed by atoms with E-state index in [9.17, 15) is 8.42 Å². The van der Waals surface area contributed by atoms with Crippen LogP contribution in [0.25, 0.3) is 0 Å². The van der Waals surface area contributed by atoms with E-state index < -0.39 is 15.4 Å². The first-order chi connectivity index (χ1) is 15.0. The smallest absolute Gasteiger partial charge is 0.244 e. The van der Waals surface area contributed by atoms with Crippen molar-refractivity contribution in [1.29, 1.82) is 0 Å². The lowest BCUT2D eigenvalue weighted by molar-refractivity contribution is 0.319. The van der Waals surface area contributed by atoms with Crippen molar-refractivity contribution in [3.8, 4) is 0 Å². The summed E-state index contributed by atoms with van der Waals surface area (Å²) >= 11 is 0. The second kappa shape index (κ2) is 7.36. The van der Waals surface area contributed by atoms with Gasteiger partial charge < -0.3 is 5.32 Å². The molecule has 1 N–H and O–H groups in total. The number of nitrogens with zero attached hydrogens (tertiary/aromatic N) is 1. The molecule has 0 radical (unpaired) electrons. The number of nitrogens with one attached hydrogen (secondary N) is 1. The largest absolute Gasteiger partial charge is 0.368 e. The first kappa shape index (κ1) is 20.0. The molecule has 158 valence electrons. The van der Waals surface area contributed by atoms with Crippen molar-refractivity contribution in [2.24, 2.45) is 0 Å². The molecule has 1 saturated heterocycles. The first-order valence-corrected chi connectivity index (χ1v) is 12.0. The van der Waals surface area contributed by atoms with Gasteiger partial charge in [-0.25, -0.2) is 8.42 Å². The van der Waals surface area contributed by atoms with Gasteiger partial charge in [0.2, 0.25) is 10.0 Å². The second-order valence-electron chi connectivity index (χ2n) is 8.44. The van der Waals surface area contributed by atoms with E-state index in [1.807, 2.05) is 61.5 Å². The van der Waals surface area contributed by atoms with Crippen molar-refractivity contribution < 1.29 is 8.42 Å². The number of fused-ring (bicyclic) bond motifs is 3. The Morgan fingerprint density at radius 1 is 1.03 bits per heavy atom. The summed E-state index contributed by atoms with van der Waals surface area (Å²) in [6.07, 6.45) is 2.33. The van der Waals surface area contributed by atoms with Crippen LogP contribution in [0, 0.1) is 6.92 Å². The number of allylic oxidation sites excluding steroid dienone is 1. The average molecular weight is 431 g/mol. The van der Waals surface area contributed by atoms with Crippen molar-refractivity contribution in [1.82, 2.24) is 4.31 Å². The van der Waals surface area contributed by atoms with Crippen LogP contribution in [0.4, 0.5) is 5.69 Å². The number of sulfonamides is 1. The minimum Gasteiger partial charge on any atom is -0.368 e. The number of anilines is 1. The molecule has 3 atom stereocenters. The Kier molecular flexibility index (Phi) is 4.76. The number of para-hydroxylation sites is 1. The second-order valence-corrected chi connectivity index (χ2v) is 10.3. The fourth-order valence-corrected chi connectivity index (χ4v) is 6.97. The molecule has 2 aliphatic heterocycles. The van der Waals surface area contributed by atoms with Gasteiger partial charge in [0.25, 0.3) is 0 Å². The number of hydrogen-bond acceptors (Lipinski definition) is 3. The topological polar surface area (TPSA) is 49.4 Å². The predicted octanol–water partition coefficient (Wildman–Crippen LogP) is 5.05. The van der Waals surface area contributed by atoms with E-state index in [0.29, 0.717) is 11.4 Å². The van der Waals surface area contributed by atoms with Gasteiger partial charge in [-0.15, -0.1) is 6.58 Å². The summed E-state index contributed by atoms with van der Waals surface area (Å²) < 4.78 is 29.0. The first-order valence-electron chi connectivity index (χ1n) is 10.6. The molecule has 1 fully saturated rings. The van der Waals surface area contributed by atoms with Crippen LogP contribution in [0.15, 0.2) is 96.4 Å². The van der Waals surface area contributed by atoms with Crippen LogP contribution in [0.2, 0.25) is 0 Å². The maximum Gasteiger partial charge on any atom is 0.244 e. The zero-order chi connectivity index (χ0) is 21.6. The number of aryl methyl sites for hydroxylation is 1. The van der Waals surface area contributed by atoms with Crippen molar-refractivity contribution in [3.63, 3.8) is 0 Å². The third kappa shape index (κ3) is 2.95. The fourth-order valence-electron chi connectivity index (χ4n) is 5.36. The zero-order valence-electron chi connectivity index (χ0n) is 17.5. The molecular formula is C26H26N2O2S. The molecule has 5 rings (SSSR count). The summed E-state index contributed by atoms with van der Waals surface area (Å²) in [6.45, 7) is 6.59. The molecule has 2 aliphatic rings. The Morgan fingerprint density at radius 3 is 2.42 bits per heavy atom. The van der Waals surface area contributed by atoms with Gasteiger partial charge in [0.05, 0.1) is 4.90 Å². The standard InChI is InChI=1S/C26H26N2O2S/c1-3-22(20-9-5-4-6-10-20)26-17-18-28(25(26)27-24-12-8-7-11-23(24)26)31(29,30)21-15-13-19(2)14-16-21/h3-16,22,25,27H,1,17-18H2,2H3/t22-,25?,26+/m0/s1. The molecule has 0 bridgehead atoms. The maximum atomic E-state index is 13.7. The minimum atomic E-state index is -3.65. The molecule has 0 saturated carbocycles. The Morgan fingerprint density at radius 2 is 1.71 bits per heavy atom. The molecule has 5 heteroatoms. The van der Waals surface area contributed by atoms with Gasteiger partial charge in [0.15, 0.2) is 0 Å². The van der Waals surface area contributed by atoms with Crippen LogP contribution in [-0.4, -0.2) is 25.4 Å². The fraction of sp³-hybridized carbons (Fsp3) is 0.231. The van der Waals surface area contributed by atoms with E-state index in [1.165, 1.54) is 0 Å². The van der Waals surface area contributed by atoms with Gasteiger partial charge in [-0.3, -0.25) is 0 Å². The molecule has 0 aromatic heterocycles. The predicted molar refractivity (Wildman–Crippen MR) is 125 cm³/mol. The molecule has 3 aromatic carbocycles. The SMILES string of the molecule is C=C[C@@H](c1ccccc1)[C@@]12CCN(S(=O)(=O)c3ccc(C)cc3)C1Nc1ccccc12. The highest BCUT2D eigenvalue weighted by Gasteiger charge is 2.60. The Balaban J connectivity index is 1.65. The highest BCUT2D eigenvalue weighted by atomic mass is 32.2. The molecule has 4 nitrogen and oxygen atoms in total. The van der Waals surface area contributed by atoms with Gasteiger partial charge in [0, 0.05) is 23.6 Å². The van der Waals surface area contributed by atoms with Crippen LogP contribution in [0.5, 0.6) is 0 Å². The number of rotatable bonds is 5. The average Bonchev–Trinajstić information content (AvgIpc) is 3.30. The zero-order valence-corrected chi connectivity index (χ0v) is 18.3. The summed E-state index contributed by atoms with van der Waals surface area (Å²) in [5.74, 6) is -0.0203. The minimum absolute atomic E-state index is 0.0203. The van der Waals surface area contributed by atoms with Gasteiger partial charge in [-0.2, -0.15) is 4.31 Å². The van der Waals surface area contributed by atoms with Crippen LogP contribution in [0.3, 0.4) is 0 Å². The molecule has 0 amide bonds. The van der Waals surface area contributed by atoms with Gasteiger partial charge in [0.1, 0.15) is 6.17 Å². The monoisotopic (exact) mass is 430 g/mol. The Labute approximate surface area is 184 Å². The van der Waals surface area contributed by atoms with Crippen molar-refractivity contribution in [2.75, 3.05) is 11.9 Å². The lowest BCUT2D eigenvalue weighted by Gasteiger charge is -2.38. The third-order valence-corrected chi connectivity index (χ3v) is 8.70. The number of benzene rings is 3. The van der Waals surface area contributed by atoms with Crippen LogP contribution >= 0.6 is 0 Å².